The summed E-state index contributed by atoms with van der Waals surface area (Å²) >= 11 is 0. The van der Waals surface area contributed by atoms with Crippen LogP contribution in [0.5, 0.6) is 0 Å². The van der Waals surface area contributed by atoms with Crippen molar-refractivity contribution in [1.29, 1.82) is 0 Å². The first-order valence-electron chi connectivity index (χ1n) is 8.50. The number of urea groups is 1. The Kier molecular flexibility index (Phi) is 5.26. The Morgan fingerprint density at radius 3 is 2.62 bits per heavy atom. The summed E-state index contributed by atoms with van der Waals surface area (Å²) < 4.78 is 22.8. The number of hydrogen-bond donors (Lipinski definition) is 2. The third kappa shape index (κ3) is 4.40. The summed E-state index contributed by atoms with van der Waals surface area (Å²) in [6.07, 6.45) is 1.44. The standard InChI is InChI=1S/C17H21N3O5S/c21-15(18-13-8-9-26(24,25)11-13)10-20-16(22)14(19-17(20)23)7-6-12-4-2-1-3-5-12/h1-5,13-14H,6-11H2,(H,18,21)(H,19,23)/t13-,14+/m1/s1. The normalized spacial score (nSPS) is 24.5. The number of imide groups is 1. The monoisotopic (exact) mass is 379 g/mol. The summed E-state index contributed by atoms with van der Waals surface area (Å²) in [5.41, 5.74) is 1.06. The van der Waals surface area contributed by atoms with Gasteiger partial charge in [-0.15, -0.1) is 0 Å². The molecule has 140 valence electrons. The molecule has 0 spiro atoms. The van der Waals surface area contributed by atoms with Gasteiger partial charge in [-0.3, -0.25) is 14.5 Å². The maximum Gasteiger partial charge on any atom is 0.325 e. The number of amides is 4. The van der Waals surface area contributed by atoms with Gasteiger partial charge in [0.15, 0.2) is 9.84 Å². The van der Waals surface area contributed by atoms with Crippen molar-refractivity contribution in [2.24, 2.45) is 0 Å². The molecule has 4 amide bonds. The largest absolute Gasteiger partial charge is 0.351 e. The molecule has 2 saturated heterocycles. The Bertz CT molecular complexity index is 809. The van der Waals surface area contributed by atoms with E-state index in [0.29, 0.717) is 19.3 Å². The van der Waals surface area contributed by atoms with E-state index in [1.54, 1.807) is 0 Å². The van der Waals surface area contributed by atoms with Gasteiger partial charge in [0.05, 0.1) is 11.5 Å². The second-order valence-corrected chi connectivity index (χ2v) is 8.85. The van der Waals surface area contributed by atoms with Crippen LogP contribution in [0.1, 0.15) is 18.4 Å². The predicted octanol–water partition coefficient (Wildman–Crippen LogP) is -0.157. The Labute approximate surface area is 151 Å². The number of benzene rings is 1. The van der Waals surface area contributed by atoms with E-state index in [9.17, 15) is 22.8 Å². The number of rotatable bonds is 6. The number of sulfone groups is 1. The highest BCUT2D eigenvalue weighted by molar-refractivity contribution is 7.91. The summed E-state index contributed by atoms with van der Waals surface area (Å²) in [6, 6.07) is 7.91. The zero-order valence-corrected chi connectivity index (χ0v) is 15.0. The third-order valence-electron chi connectivity index (χ3n) is 4.57. The van der Waals surface area contributed by atoms with Crippen LogP contribution in [0.3, 0.4) is 0 Å². The van der Waals surface area contributed by atoms with E-state index in [4.69, 9.17) is 0 Å². The van der Waals surface area contributed by atoms with E-state index in [1.165, 1.54) is 0 Å². The topological polar surface area (TPSA) is 113 Å². The lowest BCUT2D eigenvalue weighted by Crippen LogP contribution is -2.45. The molecule has 0 saturated carbocycles. The highest BCUT2D eigenvalue weighted by Crippen LogP contribution is 2.14. The van der Waals surface area contributed by atoms with Crippen LogP contribution < -0.4 is 10.6 Å². The lowest BCUT2D eigenvalue weighted by Gasteiger charge is -2.15. The second-order valence-electron chi connectivity index (χ2n) is 6.62. The first kappa shape index (κ1) is 18.4. The fourth-order valence-corrected chi connectivity index (χ4v) is 4.88. The fourth-order valence-electron chi connectivity index (χ4n) is 3.20. The Balaban J connectivity index is 1.51. The number of nitrogens with zero attached hydrogens (tertiary/aromatic N) is 1. The number of carbonyl (C=O) groups excluding carboxylic acids is 3. The van der Waals surface area contributed by atoms with Crippen LogP contribution in [0, 0.1) is 0 Å². The van der Waals surface area contributed by atoms with Crippen LogP contribution in [-0.2, 0) is 25.8 Å². The molecular formula is C17H21N3O5S. The van der Waals surface area contributed by atoms with Gasteiger partial charge in [-0.2, -0.15) is 0 Å². The molecule has 26 heavy (non-hydrogen) atoms. The lowest BCUT2D eigenvalue weighted by atomic mass is 10.1. The van der Waals surface area contributed by atoms with Crippen molar-refractivity contribution < 1.29 is 22.8 Å². The average molecular weight is 379 g/mol. The molecule has 2 heterocycles. The van der Waals surface area contributed by atoms with Gasteiger partial charge >= 0.3 is 6.03 Å². The van der Waals surface area contributed by atoms with Crippen LogP contribution in [0.4, 0.5) is 4.79 Å². The molecule has 0 radical (unpaired) electrons. The summed E-state index contributed by atoms with van der Waals surface area (Å²) in [7, 11) is -3.11. The number of hydrogen-bond acceptors (Lipinski definition) is 5. The first-order chi connectivity index (χ1) is 12.3. The van der Waals surface area contributed by atoms with Gasteiger partial charge in [0, 0.05) is 6.04 Å². The number of carbonyl (C=O) groups is 3. The van der Waals surface area contributed by atoms with Crippen molar-refractivity contribution in [3.8, 4) is 0 Å². The zero-order chi connectivity index (χ0) is 18.7. The SMILES string of the molecule is O=C(CN1C(=O)N[C@@H](CCc2ccccc2)C1=O)N[C@@H]1CCS(=O)(=O)C1. The van der Waals surface area contributed by atoms with Crippen LogP contribution in [0.25, 0.3) is 0 Å². The minimum atomic E-state index is -3.11. The van der Waals surface area contributed by atoms with Gasteiger partial charge in [0.25, 0.3) is 5.91 Å². The minimum absolute atomic E-state index is 0.0443. The number of aryl methyl sites for hydroxylation is 1. The molecule has 2 N–H and O–H groups in total. The molecule has 8 nitrogen and oxygen atoms in total. The molecule has 1 aromatic carbocycles. The van der Waals surface area contributed by atoms with E-state index in [0.717, 1.165) is 10.5 Å². The van der Waals surface area contributed by atoms with Gasteiger partial charge in [0.1, 0.15) is 12.6 Å². The molecule has 2 atom stereocenters. The van der Waals surface area contributed by atoms with E-state index in [1.807, 2.05) is 30.3 Å². The molecular weight excluding hydrogens is 358 g/mol. The Hall–Kier alpha value is -2.42. The molecule has 1 aromatic rings. The minimum Gasteiger partial charge on any atom is -0.351 e. The predicted molar refractivity (Wildman–Crippen MR) is 94.0 cm³/mol. The highest BCUT2D eigenvalue weighted by Gasteiger charge is 2.39. The summed E-state index contributed by atoms with van der Waals surface area (Å²) in [5.74, 6) is -1.01. The summed E-state index contributed by atoms with van der Waals surface area (Å²) in [4.78, 5) is 37.3. The van der Waals surface area contributed by atoms with Gasteiger partial charge in [0.2, 0.25) is 5.91 Å². The highest BCUT2D eigenvalue weighted by atomic mass is 32.2. The van der Waals surface area contributed by atoms with Crippen molar-refractivity contribution in [3.63, 3.8) is 0 Å². The Morgan fingerprint density at radius 2 is 1.96 bits per heavy atom. The smallest absolute Gasteiger partial charge is 0.325 e. The van der Waals surface area contributed by atoms with Crippen LogP contribution >= 0.6 is 0 Å². The maximum atomic E-state index is 12.4. The third-order valence-corrected chi connectivity index (χ3v) is 6.34. The van der Waals surface area contributed by atoms with Gasteiger partial charge in [-0.1, -0.05) is 30.3 Å². The van der Waals surface area contributed by atoms with Gasteiger partial charge < -0.3 is 10.6 Å². The fraction of sp³-hybridized carbons (Fsp3) is 0.471. The summed E-state index contributed by atoms with van der Waals surface area (Å²) in [6.45, 7) is -0.400. The van der Waals surface area contributed by atoms with Crippen molar-refractivity contribution >= 4 is 27.7 Å². The Morgan fingerprint density at radius 1 is 1.23 bits per heavy atom. The maximum absolute atomic E-state index is 12.4. The molecule has 0 aliphatic carbocycles. The van der Waals surface area contributed by atoms with Crippen molar-refractivity contribution in [3.05, 3.63) is 35.9 Å². The lowest BCUT2D eigenvalue weighted by molar-refractivity contribution is -0.132. The van der Waals surface area contributed by atoms with Gasteiger partial charge in [-0.25, -0.2) is 13.2 Å². The number of nitrogens with one attached hydrogen (secondary N) is 2. The molecule has 3 rings (SSSR count). The van der Waals surface area contributed by atoms with E-state index >= 15 is 0 Å². The zero-order valence-electron chi connectivity index (χ0n) is 14.2. The molecule has 0 aromatic heterocycles. The van der Waals surface area contributed by atoms with Crippen LogP contribution in [-0.4, -0.2) is 61.3 Å². The molecule has 0 unspecified atom stereocenters. The van der Waals surface area contributed by atoms with E-state index in [-0.39, 0.29) is 11.5 Å². The first-order valence-corrected chi connectivity index (χ1v) is 10.3. The van der Waals surface area contributed by atoms with Crippen molar-refractivity contribution in [2.75, 3.05) is 18.1 Å². The second kappa shape index (κ2) is 7.45. The molecule has 2 fully saturated rings. The molecule has 0 bridgehead atoms. The van der Waals surface area contributed by atoms with Crippen LogP contribution in [0.2, 0.25) is 0 Å². The van der Waals surface area contributed by atoms with E-state index < -0.39 is 46.3 Å². The van der Waals surface area contributed by atoms with Gasteiger partial charge in [-0.05, 0) is 24.8 Å². The summed E-state index contributed by atoms with van der Waals surface area (Å²) in [5, 5.41) is 5.18. The molecule has 9 heteroatoms. The van der Waals surface area contributed by atoms with Crippen LogP contribution in [0.15, 0.2) is 30.3 Å². The van der Waals surface area contributed by atoms with E-state index in [2.05, 4.69) is 10.6 Å². The molecule has 2 aliphatic rings. The average Bonchev–Trinajstić information content (AvgIpc) is 3.07. The van der Waals surface area contributed by atoms with Crippen molar-refractivity contribution in [2.45, 2.75) is 31.3 Å². The molecule has 2 aliphatic heterocycles. The quantitative estimate of drug-likeness (QED) is 0.667. The van der Waals surface area contributed by atoms with Crippen molar-refractivity contribution in [1.82, 2.24) is 15.5 Å².